The predicted molar refractivity (Wildman–Crippen MR) is 102 cm³/mol. The number of carbonyl (C=O) groups excluding carboxylic acids is 1. The molecule has 0 saturated heterocycles. The third-order valence-corrected chi connectivity index (χ3v) is 4.37. The van der Waals surface area contributed by atoms with E-state index in [1.165, 1.54) is 18.2 Å². The van der Waals surface area contributed by atoms with Gasteiger partial charge in [0.25, 0.3) is 5.91 Å². The fraction of sp³-hybridized carbons (Fsp3) is 0.200. The molecule has 5 nitrogen and oxygen atoms in total. The molecule has 3 aromatic rings. The van der Waals surface area contributed by atoms with Crippen LogP contribution in [0.1, 0.15) is 19.4 Å². The van der Waals surface area contributed by atoms with E-state index in [9.17, 15) is 14.0 Å². The summed E-state index contributed by atoms with van der Waals surface area (Å²) >= 11 is 5.91. The monoisotopic (exact) mass is 389 g/mol. The highest BCUT2D eigenvalue weighted by Crippen LogP contribution is 2.25. The molecule has 0 aliphatic rings. The molecule has 0 fully saturated rings. The second-order valence-electron chi connectivity index (χ2n) is 5.98. The average molecular weight is 390 g/mol. The van der Waals surface area contributed by atoms with Crippen molar-refractivity contribution in [3.63, 3.8) is 0 Å². The standard InChI is InChI=1S/C20H17ClFNO4/c1-3-12-8-19(24)27-18-10-14(5-6-15(12)18)26-11(2)20(25)23-17-7-4-13(22)9-16(17)21/h4-11H,3H2,1-2H3,(H,23,25)/t11-/m1/s1. The first-order valence-corrected chi connectivity index (χ1v) is 8.74. The molecule has 1 aromatic heterocycles. The minimum absolute atomic E-state index is 0.0927. The van der Waals surface area contributed by atoms with Gasteiger partial charge < -0.3 is 14.5 Å². The molecule has 0 aliphatic heterocycles. The summed E-state index contributed by atoms with van der Waals surface area (Å²) in [4.78, 5) is 24.0. The number of ether oxygens (including phenoxy) is 1. The number of fused-ring (bicyclic) bond motifs is 1. The fourth-order valence-electron chi connectivity index (χ4n) is 2.66. The lowest BCUT2D eigenvalue weighted by Crippen LogP contribution is -2.30. The number of benzene rings is 2. The predicted octanol–water partition coefficient (Wildman–Crippen LogP) is 4.55. The van der Waals surface area contributed by atoms with Crippen molar-refractivity contribution in [3.05, 3.63) is 69.3 Å². The van der Waals surface area contributed by atoms with E-state index in [2.05, 4.69) is 5.32 Å². The molecule has 27 heavy (non-hydrogen) atoms. The summed E-state index contributed by atoms with van der Waals surface area (Å²) in [5, 5.41) is 3.50. The molecule has 1 atom stereocenters. The Morgan fingerprint density at radius 1 is 1.26 bits per heavy atom. The number of carbonyl (C=O) groups is 1. The smallest absolute Gasteiger partial charge is 0.336 e. The van der Waals surface area contributed by atoms with Crippen LogP contribution in [0.4, 0.5) is 10.1 Å². The average Bonchev–Trinajstić information content (AvgIpc) is 2.62. The number of anilines is 1. The maximum atomic E-state index is 13.1. The first kappa shape index (κ1) is 18.9. The van der Waals surface area contributed by atoms with E-state index in [1.807, 2.05) is 6.92 Å². The van der Waals surface area contributed by atoms with Crippen molar-refractivity contribution in [3.8, 4) is 5.75 Å². The van der Waals surface area contributed by atoms with Gasteiger partial charge in [-0.15, -0.1) is 0 Å². The number of hydrogen-bond acceptors (Lipinski definition) is 4. The Morgan fingerprint density at radius 3 is 2.74 bits per heavy atom. The third kappa shape index (κ3) is 4.28. The Hall–Kier alpha value is -2.86. The Balaban J connectivity index is 1.77. The number of hydrogen-bond donors (Lipinski definition) is 1. The molecule has 1 amide bonds. The highest BCUT2D eigenvalue weighted by atomic mass is 35.5. The van der Waals surface area contributed by atoms with Gasteiger partial charge in [-0.05, 0) is 49.2 Å². The van der Waals surface area contributed by atoms with Crippen LogP contribution in [-0.2, 0) is 11.2 Å². The minimum atomic E-state index is -0.857. The van der Waals surface area contributed by atoms with Crippen molar-refractivity contribution in [1.82, 2.24) is 0 Å². The van der Waals surface area contributed by atoms with Gasteiger partial charge in [0.2, 0.25) is 0 Å². The Bertz CT molecular complexity index is 1060. The van der Waals surface area contributed by atoms with Gasteiger partial charge in [0, 0.05) is 17.5 Å². The highest BCUT2D eigenvalue weighted by molar-refractivity contribution is 6.33. The largest absolute Gasteiger partial charge is 0.481 e. The van der Waals surface area contributed by atoms with Crippen LogP contribution in [0.2, 0.25) is 5.02 Å². The van der Waals surface area contributed by atoms with Crippen LogP contribution in [0.3, 0.4) is 0 Å². The van der Waals surface area contributed by atoms with Crippen LogP contribution in [0.15, 0.2) is 51.7 Å². The highest BCUT2D eigenvalue weighted by Gasteiger charge is 2.17. The second kappa shape index (κ2) is 7.80. The molecule has 3 rings (SSSR count). The first-order valence-electron chi connectivity index (χ1n) is 8.36. The zero-order valence-corrected chi connectivity index (χ0v) is 15.5. The van der Waals surface area contributed by atoms with Crippen LogP contribution in [0.5, 0.6) is 5.75 Å². The maximum Gasteiger partial charge on any atom is 0.336 e. The molecule has 1 N–H and O–H groups in total. The van der Waals surface area contributed by atoms with E-state index in [0.29, 0.717) is 17.8 Å². The molecule has 0 saturated carbocycles. The molecule has 140 valence electrons. The lowest BCUT2D eigenvalue weighted by atomic mass is 10.1. The molecule has 0 spiro atoms. The number of aryl methyl sites for hydroxylation is 1. The summed E-state index contributed by atoms with van der Waals surface area (Å²) in [6.45, 7) is 3.52. The van der Waals surface area contributed by atoms with E-state index >= 15 is 0 Å². The SMILES string of the molecule is CCc1cc(=O)oc2cc(O[C@H](C)C(=O)Nc3ccc(F)cc3Cl)ccc12. The summed E-state index contributed by atoms with van der Waals surface area (Å²) in [5.41, 5.74) is 1.12. The van der Waals surface area contributed by atoms with Crippen molar-refractivity contribution in [2.45, 2.75) is 26.4 Å². The summed E-state index contributed by atoms with van der Waals surface area (Å²) < 4.78 is 24.0. The molecule has 0 unspecified atom stereocenters. The lowest BCUT2D eigenvalue weighted by molar-refractivity contribution is -0.122. The van der Waals surface area contributed by atoms with Gasteiger partial charge in [0.05, 0.1) is 10.7 Å². The van der Waals surface area contributed by atoms with Gasteiger partial charge in [-0.1, -0.05) is 18.5 Å². The van der Waals surface area contributed by atoms with E-state index < -0.39 is 23.5 Å². The number of amides is 1. The van der Waals surface area contributed by atoms with Crippen molar-refractivity contribution in [2.24, 2.45) is 0 Å². The maximum absolute atomic E-state index is 13.1. The van der Waals surface area contributed by atoms with Crippen molar-refractivity contribution in [2.75, 3.05) is 5.32 Å². The summed E-state index contributed by atoms with van der Waals surface area (Å²) in [6.07, 6.45) is -0.163. The number of nitrogens with one attached hydrogen (secondary N) is 1. The molecule has 0 bridgehead atoms. The molecule has 1 heterocycles. The number of halogens is 2. The zero-order valence-electron chi connectivity index (χ0n) is 14.7. The second-order valence-corrected chi connectivity index (χ2v) is 6.38. The van der Waals surface area contributed by atoms with E-state index in [1.54, 1.807) is 25.1 Å². The first-order chi connectivity index (χ1) is 12.9. The fourth-order valence-corrected chi connectivity index (χ4v) is 2.87. The van der Waals surface area contributed by atoms with Crippen molar-refractivity contribution < 1.29 is 18.3 Å². The Morgan fingerprint density at radius 2 is 2.04 bits per heavy atom. The topological polar surface area (TPSA) is 68.5 Å². The van der Waals surface area contributed by atoms with Crippen LogP contribution in [0.25, 0.3) is 11.0 Å². The normalized spacial score (nSPS) is 12.0. The van der Waals surface area contributed by atoms with Gasteiger partial charge in [0.1, 0.15) is 17.1 Å². The molecule has 7 heteroatoms. The van der Waals surface area contributed by atoms with Crippen LogP contribution in [-0.4, -0.2) is 12.0 Å². The van der Waals surface area contributed by atoms with Gasteiger partial charge in [0.15, 0.2) is 6.10 Å². The number of rotatable bonds is 5. The van der Waals surface area contributed by atoms with Crippen LogP contribution < -0.4 is 15.7 Å². The molecular weight excluding hydrogens is 373 g/mol. The van der Waals surface area contributed by atoms with Crippen LogP contribution in [0, 0.1) is 5.82 Å². The molecule has 0 radical (unpaired) electrons. The summed E-state index contributed by atoms with van der Waals surface area (Å²) in [7, 11) is 0. The van der Waals surface area contributed by atoms with E-state index in [0.717, 1.165) is 17.0 Å². The Kier molecular flexibility index (Phi) is 5.46. The van der Waals surface area contributed by atoms with Crippen molar-refractivity contribution in [1.29, 1.82) is 0 Å². The summed E-state index contributed by atoms with van der Waals surface area (Å²) in [5.74, 6) is -0.564. The zero-order chi connectivity index (χ0) is 19.6. The van der Waals surface area contributed by atoms with Gasteiger partial charge in [-0.25, -0.2) is 9.18 Å². The van der Waals surface area contributed by atoms with E-state index in [4.69, 9.17) is 20.8 Å². The summed E-state index contributed by atoms with van der Waals surface area (Å²) in [6, 6.07) is 10.2. The van der Waals surface area contributed by atoms with Gasteiger partial charge in [-0.3, -0.25) is 4.79 Å². The van der Waals surface area contributed by atoms with Crippen molar-refractivity contribution >= 4 is 34.2 Å². The molecular formula is C20H17ClFNO4. The quantitative estimate of drug-likeness (QED) is 0.650. The van der Waals surface area contributed by atoms with Crippen LogP contribution >= 0.6 is 11.6 Å². The van der Waals surface area contributed by atoms with Gasteiger partial charge in [-0.2, -0.15) is 0 Å². The van der Waals surface area contributed by atoms with E-state index in [-0.39, 0.29) is 10.7 Å². The molecule has 0 aliphatic carbocycles. The minimum Gasteiger partial charge on any atom is -0.481 e. The van der Waals surface area contributed by atoms with Gasteiger partial charge >= 0.3 is 5.63 Å². The third-order valence-electron chi connectivity index (χ3n) is 4.05. The Labute approximate surface area is 159 Å². The molecule has 2 aromatic carbocycles. The lowest BCUT2D eigenvalue weighted by Gasteiger charge is -2.16.